The summed E-state index contributed by atoms with van der Waals surface area (Å²) in [5.41, 5.74) is -0.512. The third-order valence-corrected chi connectivity index (χ3v) is 2.79. The van der Waals surface area contributed by atoms with Gasteiger partial charge >= 0.3 is 6.09 Å². The monoisotopic (exact) mass is 235 g/mol. The van der Waals surface area contributed by atoms with Gasteiger partial charge in [0.2, 0.25) is 0 Å². The van der Waals surface area contributed by atoms with Crippen LogP contribution in [0.5, 0.6) is 0 Å². The van der Waals surface area contributed by atoms with Crippen LogP contribution in [0.15, 0.2) is 0 Å². The summed E-state index contributed by atoms with van der Waals surface area (Å²) >= 11 is 5.98. The molecule has 2 atom stereocenters. The molecule has 1 heterocycles. The Morgan fingerprint density at radius 2 is 2.20 bits per heavy atom. The Kier molecular flexibility index (Phi) is 3.84. The van der Waals surface area contributed by atoms with Crippen LogP contribution >= 0.6 is 11.6 Å². The second-order valence-electron chi connectivity index (χ2n) is 4.73. The number of rotatable bonds is 1. The van der Waals surface area contributed by atoms with Crippen molar-refractivity contribution >= 4 is 17.7 Å². The summed E-state index contributed by atoms with van der Waals surface area (Å²) in [5.74, 6) is 0. The van der Waals surface area contributed by atoms with E-state index in [9.17, 15) is 4.79 Å². The summed E-state index contributed by atoms with van der Waals surface area (Å²) in [5, 5.41) is 8.94. The molecule has 0 saturated carbocycles. The van der Waals surface area contributed by atoms with E-state index in [1.54, 1.807) is 0 Å². The van der Waals surface area contributed by atoms with Crippen molar-refractivity contribution in [1.29, 1.82) is 0 Å². The van der Waals surface area contributed by atoms with Crippen molar-refractivity contribution in [3.8, 4) is 0 Å². The molecule has 0 bridgehead atoms. The number of nitrogens with zero attached hydrogens (tertiary/aromatic N) is 1. The van der Waals surface area contributed by atoms with Gasteiger partial charge in [-0.05, 0) is 27.2 Å². The van der Waals surface area contributed by atoms with Gasteiger partial charge in [-0.3, -0.25) is 0 Å². The standard InChI is InChI=1S/C10H18ClNO3/c1-10(2,3)15-9(14)12-5-4-7(11)8(12)6-13/h7-8,13H,4-6H2,1-3H3/t7-,8-/m0/s1. The minimum absolute atomic E-state index is 0.118. The zero-order chi connectivity index (χ0) is 11.6. The Balaban J connectivity index is 2.60. The minimum Gasteiger partial charge on any atom is -0.444 e. The second-order valence-corrected chi connectivity index (χ2v) is 5.29. The van der Waals surface area contributed by atoms with E-state index in [-0.39, 0.29) is 18.0 Å². The molecule has 15 heavy (non-hydrogen) atoms. The van der Waals surface area contributed by atoms with Crippen LogP contribution in [0.25, 0.3) is 0 Å². The molecule has 1 aliphatic rings. The molecule has 1 fully saturated rings. The summed E-state index contributed by atoms with van der Waals surface area (Å²) in [6.45, 7) is 5.87. The zero-order valence-electron chi connectivity index (χ0n) is 9.36. The van der Waals surface area contributed by atoms with Crippen LogP contribution in [0.1, 0.15) is 27.2 Å². The van der Waals surface area contributed by atoms with Gasteiger partial charge in [0.15, 0.2) is 0 Å². The molecular formula is C10H18ClNO3. The largest absolute Gasteiger partial charge is 0.444 e. The van der Waals surface area contributed by atoms with E-state index in [2.05, 4.69) is 0 Å². The summed E-state index contributed by atoms with van der Waals surface area (Å²) in [4.78, 5) is 13.2. The maximum Gasteiger partial charge on any atom is 0.410 e. The predicted molar refractivity (Wildman–Crippen MR) is 58.1 cm³/mol. The van der Waals surface area contributed by atoms with E-state index >= 15 is 0 Å². The van der Waals surface area contributed by atoms with Crippen molar-refractivity contribution in [3.63, 3.8) is 0 Å². The van der Waals surface area contributed by atoms with Gasteiger partial charge in [-0.15, -0.1) is 11.6 Å². The quantitative estimate of drug-likeness (QED) is 0.703. The van der Waals surface area contributed by atoms with Gasteiger partial charge in [-0.2, -0.15) is 0 Å². The molecule has 0 aliphatic carbocycles. The lowest BCUT2D eigenvalue weighted by molar-refractivity contribution is 0.0178. The van der Waals surface area contributed by atoms with Gasteiger partial charge in [0.1, 0.15) is 5.60 Å². The van der Waals surface area contributed by atoms with E-state index in [4.69, 9.17) is 21.4 Å². The topological polar surface area (TPSA) is 49.8 Å². The molecule has 5 heteroatoms. The Labute approximate surface area is 95.2 Å². The molecule has 0 aromatic heterocycles. The predicted octanol–water partition coefficient (Wildman–Crippen LogP) is 1.60. The summed E-state index contributed by atoms with van der Waals surface area (Å²) in [6, 6.07) is -0.318. The van der Waals surface area contributed by atoms with E-state index in [1.807, 2.05) is 20.8 Å². The first-order chi connectivity index (χ1) is 6.85. The number of hydrogen-bond acceptors (Lipinski definition) is 3. The lowest BCUT2D eigenvalue weighted by Crippen LogP contribution is -2.43. The second kappa shape index (κ2) is 4.58. The smallest absolute Gasteiger partial charge is 0.410 e. The highest BCUT2D eigenvalue weighted by molar-refractivity contribution is 6.21. The molecule has 0 aromatic rings. The van der Waals surface area contributed by atoms with Crippen molar-refractivity contribution in [2.45, 2.75) is 44.2 Å². The van der Waals surface area contributed by atoms with Gasteiger partial charge in [0, 0.05) is 6.54 Å². The van der Waals surface area contributed by atoms with Crippen LogP contribution in [0.2, 0.25) is 0 Å². The van der Waals surface area contributed by atoms with Gasteiger partial charge < -0.3 is 14.7 Å². The van der Waals surface area contributed by atoms with E-state index in [0.29, 0.717) is 13.0 Å². The molecule has 1 aliphatic heterocycles. The van der Waals surface area contributed by atoms with E-state index in [0.717, 1.165) is 0 Å². The number of likely N-dealkylation sites (tertiary alicyclic amines) is 1. The minimum atomic E-state index is -0.512. The van der Waals surface area contributed by atoms with Crippen molar-refractivity contribution < 1.29 is 14.6 Å². The van der Waals surface area contributed by atoms with Gasteiger partial charge in [-0.1, -0.05) is 0 Å². The molecule has 0 spiro atoms. The average molecular weight is 236 g/mol. The maximum atomic E-state index is 11.7. The molecular weight excluding hydrogens is 218 g/mol. The fourth-order valence-corrected chi connectivity index (χ4v) is 1.89. The Morgan fingerprint density at radius 3 is 2.67 bits per heavy atom. The Bertz CT molecular complexity index is 239. The number of ether oxygens (including phenoxy) is 1. The number of aliphatic hydroxyl groups excluding tert-OH is 1. The molecule has 88 valence electrons. The summed E-state index contributed by atoms with van der Waals surface area (Å²) in [7, 11) is 0. The first-order valence-electron chi connectivity index (χ1n) is 5.09. The number of aliphatic hydroxyl groups is 1. The highest BCUT2D eigenvalue weighted by Gasteiger charge is 2.37. The Hall–Kier alpha value is -0.480. The van der Waals surface area contributed by atoms with Crippen LogP contribution in [0.4, 0.5) is 4.79 Å². The SMILES string of the molecule is CC(C)(C)OC(=O)N1CC[C@H](Cl)[C@@H]1CO. The Morgan fingerprint density at radius 1 is 1.60 bits per heavy atom. The first kappa shape index (κ1) is 12.6. The number of halogens is 1. The molecule has 0 aromatic carbocycles. The molecule has 1 N–H and O–H groups in total. The third kappa shape index (κ3) is 3.24. The van der Waals surface area contributed by atoms with Crippen molar-refractivity contribution in [3.05, 3.63) is 0 Å². The van der Waals surface area contributed by atoms with Crippen molar-refractivity contribution in [2.24, 2.45) is 0 Å². The molecule has 1 rings (SSSR count). The van der Waals surface area contributed by atoms with E-state index in [1.165, 1.54) is 4.90 Å². The third-order valence-electron chi connectivity index (χ3n) is 2.28. The summed E-state index contributed by atoms with van der Waals surface area (Å²) in [6.07, 6.45) is 0.302. The van der Waals surface area contributed by atoms with Crippen molar-refractivity contribution in [2.75, 3.05) is 13.2 Å². The first-order valence-corrected chi connectivity index (χ1v) is 5.53. The number of amides is 1. The zero-order valence-corrected chi connectivity index (χ0v) is 10.1. The van der Waals surface area contributed by atoms with Crippen LogP contribution in [0, 0.1) is 0 Å². The number of carbonyl (C=O) groups excluding carboxylic acids is 1. The van der Waals surface area contributed by atoms with Crippen molar-refractivity contribution in [1.82, 2.24) is 4.90 Å². The molecule has 4 nitrogen and oxygen atoms in total. The number of hydrogen-bond donors (Lipinski definition) is 1. The summed E-state index contributed by atoms with van der Waals surface area (Å²) < 4.78 is 5.22. The van der Waals surface area contributed by atoms with Crippen LogP contribution < -0.4 is 0 Å². The van der Waals surface area contributed by atoms with Gasteiger partial charge in [-0.25, -0.2) is 4.79 Å². The number of carbonyl (C=O) groups is 1. The van der Waals surface area contributed by atoms with Crippen LogP contribution in [-0.4, -0.2) is 46.3 Å². The van der Waals surface area contributed by atoms with E-state index < -0.39 is 11.7 Å². The average Bonchev–Trinajstić information content (AvgIpc) is 2.43. The molecule has 1 saturated heterocycles. The molecule has 1 amide bonds. The lowest BCUT2D eigenvalue weighted by Gasteiger charge is -2.28. The highest BCUT2D eigenvalue weighted by atomic mass is 35.5. The fraction of sp³-hybridized carbons (Fsp3) is 0.900. The number of alkyl halides is 1. The van der Waals surface area contributed by atoms with Gasteiger partial charge in [0.25, 0.3) is 0 Å². The fourth-order valence-electron chi connectivity index (χ4n) is 1.58. The lowest BCUT2D eigenvalue weighted by atomic mass is 10.2. The molecule has 0 unspecified atom stereocenters. The highest BCUT2D eigenvalue weighted by Crippen LogP contribution is 2.24. The maximum absolute atomic E-state index is 11.7. The molecule has 0 radical (unpaired) electrons. The van der Waals surface area contributed by atoms with Gasteiger partial charge in [0.05, 0.1) is 18.0 Å². The van der Waals surface area contributed by atoms with Crippen LogP contribution in [-0.2, 0) is 4.74 Å². The normalized spacial score (nSPS) is 26.9. The van der Waals surface area contributed by atoms with Crippen LogP contribution in [0.3, 0.4) is 0 Å².